The molecule has 0 saturated carbocycles. The minimum Gasteiger partial charge on any atom is -0.0912 e. The van der Waals surface area contributed by atoms with Crippen molar-refractivity contribution in [1.82, 2.24) is 0 Å². The molecule has 0 aliphatic rings. The lowest BCUT2D eigenvalue weighted by molar-refractivity contribution is 0.590. The second-order valence-corrected chi connectivity index (χ2v) is 4.85. The summed E-state index contributed by atoms with van der Waals surface area (Å²) in [6.07, 6.45) is 4.05. The Kier molecular flexibility index (Phi) is 3.52. The molecule has 0 saturated heterocycles. The normalized spacial score (nSPS) is 12.0. The highest BCUT2D eigenvalue weighted by Crippen LogP contribution is 2.24. The molecule has 1 rings (SSSR count). The maximum Gasteiger partial charge on any atom is -0.0132 e. The van der Waals surface area contributed by atoms with Gasteiger partial charge in [-0.25, -0.2) is 0 Å². The fraction of sp³-hybridized carbons (Fsp3) is 0.333. The van der Waals surface area contributed by atoms with Crippen LogP contribution in [0.1, 0.15) is 38.8 Å². The summed E-state index contributed by atoms with van der Waals surface area (Å²) in [6, 6.07) is 8.65. The highest BCUT2D eigenvalue weighted by molar-refractivity contribution is 5.71. The van der Waals surface area contributed by atoms with Crippen molar-refractivity contribution < 1.29 is 0 Å². The van der Waals surface area contributed by atoms with Crippen molar-refractivity contribution in [2.45, 2.75) is 33.1 Å². The molecule has 0 N–H and O–H groups in total. The predicted molar refractivity (Wildman–Crippen MR) is 69.0 cm³/mol. The third-order valence-corrected chi connectivity index (χ3v) is 2.49. The van der Waals surface area contributed by atoms with E-state index in [2.05, 4.69) is 51.6 Å². The van der Waals surface area contributed by atoms with Crippen LogP contribution in [-0.2, 0) is 5.41 Å². The van der Waals surface area contributed by atoms with E-state index in [-0.39, 0.29) is 5.41 Å². The Hall–Kier alpha value is -1.30. The van der Waals surface area contributed by atoms with Gasteiger partial charge in [0.1, 0.15) is 0 Å². The summed E-state index contributed by atoms with van der Waals surface area (Å²) >= 11 is 0. The molecule has 0 spiro atoms. The van der Waals surface area contributed by atoms with Crippen molar-refractivity contribution >= 4 is 5.57 Å². The van der Waals surface area contributed by atoms with Crippen LogP contribution >= 0.6 is 0 Å². The number of hydrogen-bond donors (Lipinski definition) is 0. The second kappa shape index (κ2) is 4.48. The van der Waals surface area contributed by atoms with Crippen LogP contribution in [0.2, 0.25) is 0 Å². The zero-order valence-electron chi connectivity index (χ0n) is 10.2. The topological polar surface area (TPSA) is 0 Å². The van der Waals surface area contributed by atoms with E-state index in [1.165, 1.54) is 11.1 Å². The summed E-state index contributed by atoms with van der Waals surface area (Å²) in [5.74, 6) is 0. The Morgan fingerprint density at radius 1 is 1.13 bits per heavy atom. The lowest BCUT2D eigenvalue weighted by Crippen LogP contribution is -2.10. The van der Waals surface area contributed by atoms with Crippen LogP contribution in [0.15, 0.2) is 43.0 Å². The molecule has 15 heavy (non-hydrogen) atoms. The van der Waals surface area contributed by atoms with Gasteiger partial charge < -0.3 is 0 Å². The molecule has 0 bridgehead atoms. The smallest absolute Gasteiger partial charge is 0.0132 e. The van der Waals surface area contributed by atoms with E-state index < -0.39 is 0 Å². The van der Waals surface area contributed by atoms with E-state index in [9.17, 15) is 0 Å². The number of rotatable bonds is 2. The van der Waals surface area contributed by atoms with Gasteiger partial charge in [-0.15, -0.1) is 0 Å². The zero-order valence-corrected chi connectivity index (χ0v) is 10.2. The van der Waals surface area contributed by atoms with Crippen molar-refractivity contribution in [3.05, 3.63) is 54.1 Å². The summed E-state index contributed by atoms with van der Waals surface area (Å²) < 4.78 is 0. The molecule has 0 radical (unpaired) electrons. The first-order valence-electron chi connectivity index (χ1n) is 5.37. The minimum atomic E-state index is 0.223. The van der Waals surface area contributed by atoms with Crippen LogP contribution in [0.3, 0.4) is 0 Å². The summed E-state index contributed by atoms with van der Waals surface area (Å²) in [5, 5.41) is 0. The van der Waals surface area contributed by atoms with Gasteiger partial charge in [0, 0.05) is 0 Å². The van der Waals surface area contributed by atoms with Gasteiger partial charge >= 0.3 is 0 Å². The highest BCUT2D eigenvalue weighted by atomic mass is 14.2. The molecular formula is C15H20. The van der Waals surface area contributed by atoms with Gasteiger partial charge in [-0.1, -0.05) is 63.8 Å². The summed E-state index contributed by atoms with van der Waals surface area (Å²) in [6.45, 7) is 12.7. The predicted octanol–water partition coefficient (Wildman–Crippen LogP) is 4.57. The molecule has 0 atom stereocenters. The SMILES string of the molecule is C=C(/C=C\C)c1ccc(C(C)(C)C)cc1. The lowest BCUT2D eigenvalue weighted by atomic mass is 9.86. The first-order valence-corrected chi connectivity index (χ1v) is 5.37. The maximum atomic E-state index is 4.02. The van der Waals surface area contributed by atoms with Crippen LogP contribution in [-0.4, -0.2) is 0 Å². The van der Waals surface area contributed by atoms with E-state index in [0.29, 0.717) is 0 Å². The molecule has 0 fully saturated rings. The van der Waals surface area contributed by atoms with Crippen LogP contribution in [0.4, 0.5) is 0 Å². The molecule has 0 nitrogen and oxygen atoms in total. The third kappa shape index (κ3) is 3.09. The van der Waals surface area contributed by atoms with E-state index in [4.69, 9.17) is 0 Å². The molecule has 0 aromatic heterocycles. The minimum absolute atomic E-state index is 0.223. The quantitative estimate of drug-likeness (QED) is 0.613. The van der Waals surface area contributed by atoms with Crippen molar-refractivity contribution in [1.29, 1.82) is 0 Å². The number of allylic oxidation sites excluding steroid dienone is 3. The first kappa shape index (κ1) is 11.8. The Morgan fingerprint density at radius 3 is 2.07 bits per heavy atom. The van der Waals surface area contributed by atoms with E-state index >= 15 is 0 Å². The molecule has 0 amide bonds. The van der Waals surface area contributed by atoms with Crippen molar-refractivity contribution in [2.75, 3.05) is 0 Å². The fourth-order valence-corrected chi connectivity index (χ4v) is 1.48. The Balaban J connectivity index is 2.95. The monoisotopic (exact) mass is 200 g/mol. The molecule has 0 aliphatic heterocycles. The van der Waals surface area contributed by atoms with Crippen molar-refractivity contribution in [2.24, 2.45) is 0 Å². The van der Waals surface area contributed by atoms with Gasteiger partial charge in [0.2, 0.25) is 0 Å². The molecule has 0 aliphatic carbocycles. The van der Waals surface area contributed by atoms with E-state index in [1.54, 1.807) is 0 Å². The van der Waals surface area contributed by atoms with Crippen LogP contribution in [0, 0.1) is 0 Å². The molecule has 0 heterocycles. The Labute approximate surface area is 93.3 Å². The summed E-state index contributed by atoms with van der Waals surface area (Å²) in [4.78, 5) is 0. The molecule has 1 aromatic carbocycles. The maximum absolute atomic E-state index is 4.02. The van der Waals surface area contributed by atoms with Gasteiger partial charge in [0.15, 0.2) is 0 Å². The summed E-state index contributed by atoms with van der Waals surface area (Å²) in [5.41, 5.74) is 3.85. The van der Waals surface area contributed by atoms with Crippen LogP contribution in [0.25, 0.3) is 5.57 Å². The van der Waals surface area contributed by atoms with Gasteiger partial charge in [-0.05, 0) is 29.0 Å². The van der Waals surface area contributed by atoms with Gasteiger partial charge in [0.25, 0.3) is 0 Å². The number of hydrogen-bond acceptors (Lipinski definition) is 0. The van der Waals surface area contributed by atoms with E-state index in [1.807, 2.05) is 19.1 Å². The van der Waals surface area contributed by atoms with Crippen LogP contribution < -0.4 is 0 Å². The van der Waals surface area contributed by atoms with Crippen LogP contribution in [0.5, 0.6) is 0 Å². The summed E-state index contributed by atoms with van der Waals surface area (Å²) in [7, 11) is 0. The molecule has 80 valence electrons. The fourth-order valence-electron chi connectivity index (χ4n) is 1.48. The number of benzene rings is 1. The molecular weight excluding hydrogens is 180 g/mol. The largest absolute Gasteiger partial charge is 0.0912 e. The zero-order chi connectivity index (χ0) is 11.5. The second-order valence-electron chi connectivity index (χ2n) is 4.85. The van der Waals surface area contributed by atoms with Gasteiger partial charge in [-0.2, -0.15) is 0 Å². The molecule has 0 unspecified atom stereocenters. The average molecular weight is 200 g/mol. The molecule has 1 aromatic rings. The first-order chi connectivity index (χ1) is 6.95. The van der Waals surface area contributed by atoms with Gasteiger partial charge in [0.05, 0.1) is 0 Å². The Morgan fingerprint density at radius 2 is 1.67 bits per heavy atom. The highest BCUT2D eigenvalue weighted by Gasteiger charge is 2.12. The lowest BCUT2D eigenvalue weighted by Gasteiger charge is -2.19. The molecule has 0 heteroatoms. The Bertz CT molecular complexity index is 358. The van der Waals surface area contributed by atoms with Crippen molar-refractivity contribution in [3.63, 3.8) is 0 Å². The third-order valence-electron chi connectivity index (χ3n) is 2.49. The van der Waals surface area contributed by atoms with E-state index in [0.717, 1.165) is 5.57 Å². The van der Waals surface area contributed by atoms with Gasteiger partial charge in [-0.3, -0.25) is 0 Å². The standard InChI is InChI=1S/C15H20/c1-6-7-12(2)13-8-10-14(11-9-13)15(3,4)5/h6-11H,2H2,1,3-5H3/b7-6-. The average Bonchev–Trinajstić information content (AvgIpc) is 2.17. The van der Waals surface area contributed by atoms with Crippen molar-refractivity contribution in [3.8, 4) is 0 Å².